The minimum atomic E-state index is -4.13. The average molecular weight is 845 g/mol. The molecule has 0 saturated carbocycles. The van der Waals surface area contributed by atoms with Crippen LogP contribution in [0.5, 0.6) is 17.2 Å². The lowest BCUT2D eigenvalue weighted by Crippen LogP contribution is -2.34. The van der Waals surface area contributed by atoms with Gasteiger partial charge >= 0.3 is 7.60 Å². The number of hydrogen-bond donors (Lipinski definition) is 4. The third-order valence-corrected chi connectivity index (χ3v) is 14.7. The van der Waals surface area contributed by atoms with Crippen molar-refractivity contribution < 1.29 is 32.7 Å². The van der Waals surface area contributed by atoms with E-state index in [2.05, 4.69) is 40.0 Å². The van der Waals surface area contributed by atoms with Crippen LogP contribution in [0.2, 0.25) is 0 Å². The number of ether oxygens (including phenoxy) is 1. The van der Waals surface area contributed by atoms with Gasteiger partial charge in [0, 0.05) is 27.7 Å². The van der Waals surface area contributed by atoms with E-state index in [1.165, 1.54) is 0 Å². The minimum absolute atomic E-state index is 0.0194. The van der Waals surface area contributed by atoms with Crippen LogP contribution in [-0.4, -0.2) is 77.5 Å². The first-order valence-electron chi connectivity index (χ1n) is 16.0. The van der Waals surface area contributed by atoms with Gasteiger partial charge in [0.1, 0.15) is 17.2 Å². The van der Waals surface area contributed by atoms with Crippen molar-refractivity contribution in [3.8, 4) is 17.2 Å². The SMILES string of the molecule is COc1ccc(/C=N/N(C)P(S)OC2C=CC(CNN(C)[PH](=S)Oc3ccc(/C=N/N(C)[PH](=S)Oc4ccc(CP(=O)(O)O)cc4)cc3)CC2)cc1. The molecule has 20 heteroatoms. The van der Waals surface area contributed by atoms with Crippen LogP contribution >= 0.6 is 41.5 Å². The van der Waals surface area contributed by atoms with Crippen molar-refractivity contribution in [2.45, 2.75) is 25.1 Å². The summed E-state index contributed by atoms with van der Waals surface area (Å²) in [6, 6.07) is 21.6. The Morgan fingerprint density at radius 2 is 1.44 bits per heavy atom. The molecule has 0 radical (unpaired) electrons. The van der Waals surface area contributed by atoms with E-state index in [-0.39, 0.29) is 12.3 Å². The Morgan fingerprint density at radius 3 is 2.00 bits per heavy atom. The molecular weight excluding hydrogens is 800 g/mol. The van der Waals surface area contributed by atoms with E-state index in [4.69, 9.17) is 51.7 Å². The number of nitrogens with zero attached hydrogens (tertiary/aromatic N) is 5. The quantitative estimate of drug-likeness (QED) is 0.0324. The molecule has 5 atom stereocenters. The van der Waals surface area contributed by atoms with Crippen molar-refractivity contribution in [3.63, 3.8) is 0 Å². The van der Waals surface area contributed by atoms with Crippen LogP contribution in [0.4, 0.5) is 0 Å². The zero-order valence-corrected chi connectivity index (χ0v) is 35.4. The van der Waals surface area contributed by atoms with Crippen LogP contribution in [0, 0.1) is 5.92 Å². The molecule has 0 spiro atoms. The Labute approximate surface area is 323 Å². The summed E-state index contributed by atoms with van der Waals surface area (Å²) in [4.78, 5) is 18.3. The predicted molar refractivity (Wildman–Crippen MR) is 223 cm³/mol. The predicted octanol–water partition coefficient (Wildman–Crippen LogP) is 7.02. The second kappa shape index (κ2) is 21.1. The van der Waals surface area contributed by atoms with Gasteiger partial charge in [0.2, 0.25) is 14.6 Å². The zero-order chi connectivity index (χ0) is 37.7. The summed E-state index contributed by atoms with van der Waals surface area (Å²) in [6.45, 7) is 0.733. The molecule has 3 aromatic rings. The van der Waals surface area contributed by atoms with Crippen LogP contribution < -0.4 is 19.2 Å². The van der Waals surface area contributed by atoms with Gasteiger partial charge in [-0.05, 0) is 120 Å². The van der Waals surface area contributed by atoms with Gasteiger partial charge in [-0.1, -0.05) is 36.5 Å². The summed E-state index contributed by atoms with van der Waals surface area (Å²) in [7, 11) is -1.85. The van der Waals surface area contributed by atoms with Crippen molar-refractivity contribution in [3.05, 3.63) is 102 Å². The molecule has 5 unspecified atom stereocenters. The Hall–Kier alpha value is -2.15. The van der Waals surface area contributed by atoms with Crippen molar-refractivity contribution in [1.82, 2.24) is 19.8 Å². The van der Waals surface area contributed by atoms with E-state index in [1.807, 2.05) is 67.4 Å². The molecule has 1 aliphatic rings. The van der Waals surface area contributed by atoms with E-state index >= 15 is 0 Å². The Morgan fingerprint density at radius 1 is 0.885 bits per heavy atom. The lowest BCUT2D eigenvalue weighted by atomic mass is 9.94. The molecule has 0 aromatic heterocycles. The van der Waals surface area contributed by atoms with Gasteiger partial charge in [0.15, 0.2) is 7.07 Å². The van der Waals surface area contributed by atoms with Gasteiger partial charge in [-0.15, -0.1) is 0 Å². The van der Waals surface area contributed by atoms with E-state index in [0.717, 1.165) is 36.3 Å². The first-order chi connectivity index (χ1) is 24.8. The monoisotopic (exact) mass is 844 g/mol. The molecule has 0 aliphatic heterocycles. The first-order valence-corrected chi connectivity index (χ1v) is 25.1. The van der Waals surface area contributed by atoms with Gasteiger partial charge in [-0.25, -0.2) is 15.0 Å². The maximum Gasteiger partial charge on any atom is 0.329 e. The summed E-state index contributed by atoms with van der Waals surface area (Å²) in [5, 5.41) is 8.89. The van der Waals surface area contributed by atoms with Gasteiger partial charge in [-0.3, -0.25) is 4.57 Å². The van der Waals surface area contributed by atoms with Crippen molar-refractivity contribution in [2.75, 3.05) is 34.8 Å². The fraction of sp³-hybridized carbons (Fsp3) is 0.312. The number of hydrazone groups is 2. The molecule has 0 saturated heterocycles. The second-order valence-corrected chi connectivity index (χ2v) is 20.4. The number of hydrazine groups is 1. The molecule has 3 aromatic carbocycles. The number of nitrogens with one attached hydrogen (secondary N) is 1. The summed E-state index contributed by atoms with van der Waals surface area (Å²) in [5.41, 5.74) is 5.73. The molecule has 0 heterocycles. The molecule has 52 heavy (non-hydrogen) atoms. The van der Waals surface area contributed by atoms with E-state index in [0.29, 0.717) is 23.0 Å². The van der Waals surface area contributed by atoms with Crippen LogP contribution in [0.15, 0.2) is 95.2 Å². The summed E-state index contributed by atoms with van der Waals surface area (Å²) < 4.78 is 39.7. The highest BCUT2D eigenvalue weighted by molar-refractivity contribution is 8.42. The van der Waals surface area contributed by atoms with Gasteiger partial charge in [0.05, 0.1) is 31.8 Å². The second-order valence-electron chi connectivity index (χ2n) is 11.6. The van der Waals surface area contributed by atoms with Gasteiger partial charge in [-0.2, -0.15) is 15.0 Å². The highest BCUT2D eigenvalue weighted by atomic mass is 32.7. The van der Waals surface area contributed by atoms with Crippen LogP contribution in [0.25, 0.3) is 0 Å². The smallest absolute Gasteiger partial charge is 0.329 e. The standard InChI is InChI=1S/C32H44N6O7P4S3/c1-36(33-21-25-5-13-29(42-4)14-6-25)46(50)43-30-15-7-26(8-16-30)22-34-37(2)47(51)44-31-17-9-27(10-18-31)23-35-38(3)48(52)45-32-19-11-28(12-20-32)24-49(39,40)41/h5-7,9-15,17-21,23,26,30,34,47-48,50H,8,16,22,24H2,1-4H3,(H2,39,40,41)/b33-21+,35-23+. The molecular formula is C32H44N6O7P4S3. The van der Waals surface area contributed by atoms with Crippen molar-refractivity contribution in [2.24, 2.45) is 16.1 Å². The van der Waals surface area contributed by atoms with E-state index < -0.39 is 29.2 Å². The molecule has 1 aliphatic carbocycles. The maximum absolute atomic E-state index is 11.2. The Kier molecular flexibility index (Phi) is 17.3. The number of rotatable bonds is 19. The average Bonchev–Trinajstić information content (AvgIpc) is 3.13. The summed E-state index contributed by atoms with van der Waals surface area (Å²) in [6.07, 6.45) is 9.24. The van der Waals surface area contributed by atoms with E-state index in [1.54, 1.807) is 60.4 Å². The highest BCUT2D eigenvalue weighted by Crippen LogP contribution is 2.47. The fourth-order valence-electron chi connectivity index (χ4n) is 4.56. The number of thiol groups is 1. The molecule has 13 nitrogen and oxygen atoms in total. The third kappa shape index (κ3) is 14.9. The molecule has 282 valence electrons. The molecule has 0 fully saturated rings. The summed E-state index contributed by atoms with van der Waals surface area (Å²) in [5.74, 6) is 2.32. The topological polar surface area (TPSA) is 141 Å². The lowest BCUT2D eigenvalue weighted by molar-refractivity contribution is 0.227. The molecule has 3 N–H and O–H groups in total. The number of methoxy groups -OCH3 is 1. The van der Waals surface area contributed by atoms with E-state index in [9.17, 15) is 4.57 Å². The van der Waals surface area contributed by atoms with Gasteiger partial charge in [0.25, 0.3) is 0 Å². The highest BCUT2D eigenvalue weighted by Gasteiger charge is 2.21. The Bertz CT molecular complexity index is 1770. The lowest BCUT2D eigenvalue weighted by Gasteiger charge is -2.28. The fourth-order valence-corrected chi connectivity index (χ4v) is 8.67. The number of hydrogen-bond acceptors (Lipinski definition) is 12. The normalized spacial score (nSPS) is 18.0. The van der Waals surface area contributed by atoms with Crippen molar-refractivity contribution in [1.29, 1.82) is 0 Å². The minimum Gasteiger partial charge on any atom is -0.497 e. The van der Waals surface area contributed by atoms with Crippen LogP contribution in [0.1, 0.15) is 29.5 Å². The third-order valence-electron chi connectivity index (χ3n) is 7.50. The Balaban J connectivity index is 1.15. The van der Waals surface area contributed by atoms with Crippen LogP contribution in [-0.2, 0) is 38.9 Å². The zero-order valence-electron chi connectivity index (χ0n) is 29.1. The van der Waals surface area contributed by atoms with Gasteiger partial charge < -0.3 is 28.1 Å². The molecule has 0 bridgehead atoms. The summed E-state index contributed by atoms with van der Waals surface area (Å²) >= 11 is 15.8. The number of benzene rings is 3. The van der Waals surface area contributed by atoms with Crippen molar-refractivity contribution >= 4 is 77.5 Å². The molecule has 4 rings (SSSR count). The first kappa shape index (κ1) is 42.6. The van der Waals surface area contributed by atoms with Crippen LogP contribution in [0.3, 0.4) is 0 Å². The maximum atomic E-state index is 11.2. The molecule has 0 amide bonds. The largest absolute Gasteiger partial charge is 0.497 e.